The molecule has 0 amide bonds. The van der Waals surface area contributed by atoms with Crippen molar-refractivity contribution in [1.29, 1.82) is 0 Å². The van der Waals surface area contributed by atoms with Gasteiger partial charge < -0.3 is 20.1 Å². The van der Waals surface area contributed by atoms with E-state index in [1.165, 1.54) is 12.3 Å². The van der Waals surface area contributed by atoms with Crippen molar-refractivity contribution in [2.24, 2.45) is 0 Å². The molecule has 2 N–H and O–H groups in total. The van der Waals surface area contributed by atoms with Gasteiger partial charge in [0.15, 0.2) is 5.82 Å². The number of halogens is 1. The summed E-state index contributed by atoms with van der Waals surface area (Å²) in [5, 5.41) is 13.7. The van der Waals surface area contributed by atoms with Crippen LogP contribution in [0, 0.1) is 5.82 Å². The molecule has 0 radical (unpaired) electrons. The zero-order valence-electron chi connectivity index (χ0n) is 13.7. The van der Waals surface area contributed by atoms with Crippen molar-refractivity contribution in [3.63, 3.8) is 0 Å². The zero-order chi connectivity index (χ0) is 17.6. The number of benzene rings is 2. The van der Waals surface area contributed by atoms with Gasteiger partial charge in [-0.3, -0.25) is 0 Å². The van der Waals surface area contributed by atoms with Crippen LogP contribution in [0.1, 0.15) is 0 Å². The fraction of sp³-hybridized carbons (Fsp3) is 0.118. The van der Waals surface area contributed by atoms with Crippen LogP contribution in [0.15, 0.2) is 48.7 Å². The van der Waals surface area contributed by atoms with E-state index in [0.29, 0.717) is 28.7 Å². The first-order valence-electron chi connectivity index (χ1n) is 7.40. The number of hydrogen-bond donors (Lipinski definition) is 2. The summed E-state index contributed by atoms with van der Waals surface area (Å²) < 4.78 is 24.2. The van der Waals surface area contributed by atoms with E-state index in [1.54, 1.807) is 50.6 Å². The quantitative estimate of drug-likeness (QED) is 0.710. The monoisotopic (exact) mass is 341 g/mol. The van der Waals surface area contributed by atoms with Crippen molar-refractivity contribution in [3.8, 4) is 11.5 Å². The van der Waals surface area contributed by atoms with Crippen LogP contribution in [-0.2, 0) is 0 Å². The summed E-state index contributed by atoms with van der Waals surface area (Å²) in [5.74, 6) is 1.44. The third-order valence-corrected chi connectivity index (χ3v) is 3.35. The van der Waals surface area contributed by atoms with E-state index in [0.717, 1.165) is 0 Å². The van der Waals surface area contributed by atoms with E-state index in [-0.39, 0.29) is 11.8 Å². The molecule has 25 heavy (non-hydrogen) atoms. The number of nitrogens with one attached hydrogen (secondary N) is 2. The fourth-order valence-electron chi connectivity index (χ4n) is 2.15. The number of hydrogen-bond acceptors (Lipinski definition) is 7. The van der Waals surface area contributed by atoms with Gasteiger partial charge in [-0.15, -0.1) is 5.10 Å². The highest BCUT2D eigenvalue weighted by Gasteiger charge is 2.09. The van der Waals surface area contributed by atoms with Crippen molar-refractivity contribution in [2.75, 3.05) is 24.9 Å². The Labute approximate surface area is 143 Å². The summed E-state index contributed by atoms with van der Waals surface area (Å²) in [7, 11) is 3.13. The van der Waals surface area contributed by atoms with Crippen LogP contribution in [0.2, 0.25) is 0 Å². The van der Waals surface area contributed by atoms with Gasteiger partial charge in [0.2, 0.25) is 5.95 Å². The molecule has 1 heterocycles. The molecule has 0 aliphatic heterocycles. The van der Waals surface area contributed by atoms with Crippen LogP contribution in [-0.4, -0.2) is 29.4 Å². The number of rotatable bonds is 6. The molecule has 0 bridgehead atoms. The lowest BCUT2D eigenvalue weighted by atomic mass is 10.2. The highest BCUT2D eigenvalue weighted by molar-refractivity contribution is 5.65. The van der Waals surface area contributed by atoms with Crippen LogP contribution in [0.5, 0.6) is 11.5 Å². The average Bonchev–Trinajstić information content (AvgIpc) is 2.64. The first kappa shape index (κ1) is 16.4. The fourth-order valence-corrected chi connectivity index (χ4v) is 2.15. The second kappa shape index (κ2) is 7.43. The molecule has 1 aromatic heterocycles. The van der Waals surface area contributed by atoms with E-state index in [9.17, 15) is 4.39 Å². The van der Waals surface area contributed by atoms with Gasteiger partial charge in [-0.2, -0.15) is 10.1 Å². The normalized spacial score (nSPS) is 10.2. The second-order valence-electron chi connectivity index (χ2n) is 4.96. The molecule has 128 valence electrons. The van der Waals surface area contributed by atoms with E-state index < -0.39 is 0 Å². The molecule has 0 aliphatic rings. The van der Waals surface area contributed by atoms with Crippen molar-refractivity contribution < 1.29 is 13.9 Å². The summed E-state index contributed by atoms with van der Waals surface area (Å²) in [5.41, 5.74) is 0.916. The molecular weight excluding hydrogens is 325 g/mol. The predicted octanol–water partition coefficient (Wildman–Crippen LogP) is 3.52. The topological polar surface area (TPSA) is 81.2 Å². The second-order valence-corrected chi connectivity index (χ2v) is 4.96. The van der Waals surface area contributed by atoms with Gasteiger partial charge >= 0.3 is 0 Å². The lowest BCUT2D eigenvalue weighted by Crippen LogP contribution is -2.04. The number of nitrogens with zero attached hydrogens (tertiary/aromatic N) is 3. The largest absolute Gasteiger partial charge is 0.497 e. The Bertz CT molecular complexity index is 875. The Morgan fingerprint density at radius 1 is 0.960 bits per heavy atom. The molecule has 2 aromatic carbocycles. The van der Waals surface area contributed by atoms with E-state index in [4.69, 9.17) is 9.47 Å². The van der Waals surface area contributed by atoms with Crippen molar-refractivity contribution in [2.45, 2.75) is 0 Å². The van der Waals surface area contributed by atoms with Crippen LogP contribution < -0.4 is 20.1 Å². The van der Waals surface area contributed by atoms with Crippen molar-refractivity contribution in [1.82, 2.24) is 15.2 Å². The zero-order valence-corrected chi connectivity index (χ0v) is 13.7. The van der Waals surface area contributed by atoms with Crippen molar-refractivity contribution in [3.05, 3.63) is 54.5 Å². The Kier molecular flexibility index (Phi) is 4.89. The van der Waals surface area contributed by atoms with Gasteiger partial charge in [0.1, 0.15) is 17.3 Å². The molecule has 7 nitrogen and oxygen atoms in total. The summed E-state index contributed by atoms with van der Waals surface area (Å²) in [4.78, 5) is 4.28. The SMILES string of the molecule is COc1ccc(OC)c(Nc2nncc(Nc3ccccc3F)n2)c1. The first-order valence-corrected chi connectivity index (χ1v) is 7.40. The maximum atomic E-state index is 13.7. The Morgan fingerprint density at radius 3 is 2.56 bits per heavy atom. The smallest absolute Gasteiger partial charge is 0.249 e. The molecule has 0 atom stereocenters. The van der Waals surface area contributed by atoms with Gasteiger partial charge in [0.05, 0.1) is 31.8 Å². The molecule has 3 aromatic rings. The van der Waals surface area contributed by atoms with Crippen LogP contribution in [0.25, 0.3) is 0 Å². The molecule has 0 saturated heterocycles. The minimum atomic E-state index is -0.384. The summed E-state index contributed by atoms with van der Waals surface area (Å²) >= 11 is 0. The molecule has 0 aliphatic carbocycles. The number of methoxy groups -OCH3 is 2. The Balaban J connectivity index is 1.84. The molecule has 0 unspecified atom stereocenters. The van der Waals surface area contributed by atoms with E-state index >= 15 is 0 Å². The lowest BCUT2D eigenvalue weighted by molar-refractivity contribution is 0.405. The average molecular weight is 341 g/mol. The number of aromatic nitrogens is 3. The van der Waals surface area contributed by atoms with Crippen molar-refractivity contribution >= 4 is 23.1 Å². The molecule has 0 saturated carbocycles. The van der Waals surface area contributed by atoms with E-state index in [1.807, 2.05) is 0 Å². The first-order chi connectivity index (χ1) is 12.2. The minimum absolute atomic E-state index is 0.230. The third kappa shape index (κ3) is 3.92. The molecule has 8 heteroatoms. The standard InChI is InChI=1S/C17H16FN5O2/c1-24-11-7-8-15(25-2)14(9-11)21-17-22-16(10-19-23-17)20-13-6-4-3-5-12(13)18/h3-10H,1-2H3,(H2,20,21,22,23). The van der Waals surface area contributed by atoms with Crippen LogP contribution in [0.3, 0.4) is 0 Å². The van der Waals surface area contributed by atoms with Crippen LogP contribution >= 0.6 is 0 Å². The molecular formula is C17H16FN5O2. The van der Waals surface area contributed by atoms with Gasteiger partial charge in [0, 0.05) is 6.07 Å². The molecule has 0 spiro atoms. The van der Waals surface area contributed by atoms with Gasteiger partial charge in [-0.05, 0) is 24.3 Å². The lowest BCUT2D eigenvalue weighted by Gasteiger charge is -2.12. The van der Waals surface area contributed by atoms with Gasteiger partial charge in [-0.1, -0.05) is 12.1 Å². The third-order valence-electron chi connectivity index (χ3n) is 3.35. The number of para-hydroxylation sites is 1. The highest BCUT2D eigenvalue weighted by atomic mass is 19.1. The molecule has 0 fully saturated rings. The van der Waals surface area contributed by atoms with Crippen LogP contribution in [0.4, 0.5) is 27.5 Å². The Morgan fingerprint density at radius 2 is 1.80 bits per heavy atom. The summed E-state index contributed by atoms with van der Waals surface area (Å²) in [6, 6.07) is 11.6. The summed E-state index contributed by atoms with van der Waals surface area (Å²) in [6.45, 7) is 0. The minimum Gasteiger partial charge on any atom is -0.497 e. The Hall–Kier alpha value is -3.42. The highest BCUT2D eigenvalue weighted by Crippen LogP contribution is 2.30. The summed E-state index contributed by atoms with van der Waals surface area (Å²) in [6.07, 6.45) is 1.40. The van der Waals surface area contributed by atoms with Gasteiger partial charge in [0.25, 0.3) is 0 Å². The molecule has 3 rings (SSSR count). The number of ether oxygens (including phenoxy) is 2. The maximum Gasteiger partial charge on any atom is 0.249 e. The van der Waals surface area contributed by atoms with E-state index in [2.05, 4.69) is 25.8 Å². The predicted molar refractivity (Wildman–Crippen MR) is 92.3 cm³/mol. The maximum absolute atomic E-state index is 13.7. The number of anilines is 4. The van der Waals surface area contributed by atoms with Gasteiger partial charge in [-0.25, -0.2) is 4.39 Å².